The number of nitrogen functional groups attached to an aromatic ring is 1. The maximum absolute atomic E-state index is 13.4. The third-order valence-electron chi connectivity index (χ3n) is 2.40. The summed E-state index contributed by atoms with van der Waals surface area (Å²) < 4.78 is 27.3. The summed E-state index contributed by atoms with van der Waals surface area (Å²) in [5.41, 5.74) is 4.03. The van der Waals surface area contributed by atoms with Crippen molar-refractivity contribution in [1.29, 1.82) is 0 Å². The molecule has 0 aliphatic carbocycles. The lowest BCUT2D eigenvalue weighted by molar-refractivity contribution is 0.573. The highest BCUT2D eigenvalue weighted by Gasteiger charge is 2.08. The number of aromatic nitrogens is 2. The molecule has 1 heterocycles. The van der Waals surface area contributed by atoms with Gasteiger partial charge in [-0.3, -0.25) is 14.3 Å². The molecule has 3 N–H and O–H groups in total. The molecule has 0 aliphatic rings. The predicted octanol–water partition coefficient (Wildman–Crippen LogP) is 0.445. The van der Waals surface area contributed by atoms with E-state index in [9.17, 15) is 18.4 Å². The Balaban J connectivity index is 2.49. The second-order valence-corrected chi connectivity index (χ2v) is 3.69. The van der Waals surface area contributed by atoms with Crippen molar-refractivity contribution in [3.8, 4) is 0 Å². The minimum Gasteiger partial charge on any atom is -0.385 e. The van der Waals surface area contributed by atoms with Gasteiger partial charge in [-0.1, -0.05) is 0 Å². The molecule has 0 atom stereocenters. The quantitative estimate of drug-likeness (QED) is 0.815. The molecular formula is C11H9F2N3O2. The first kappa shape index (κ1) is 12.0. The Morgan fingerprint density at radius 3 is 2.61 bits per heavy atom. The van der Waals surface area contributed by atoms with E-state index < -0.39 is 22.9 Å². The Morgan fingerprint density at radius 1 is 1.22 bits per heavy atom. The van der Waals surface area contributed by atoms with E-state index >= 15 is 0 Å². The third-order valence-corrected chi connectivity index (χ3v) is 2.40. The monoisotopic (exact) mass is 253 g/mol. The summed E-state index contributed by atoms with van der Waals surface area (Å²) >= 11 is 0. The lowest BCUT2D eigenvalue weighted by Crippen LogP contribution is -2.31. The Kier molecular flexibility index (Phi) is 2.97. The first-order valence-electron chi connectivity index (χ1n) is 5.01. The molecule has 0 unspecified atom stereocenters. The van der Waals surface area contributed by atoms with Crippen molar-refractivity contribution in [3.05, 3.63) is 62.3 Å². The van der Waals surface area contributed by atoms with Crippen LogP contribution in [-0.4, -0.2) is 9.55 Å². The highest BCUT2D eigenvalue weighted by Crippen LogP contribution is 2.11. The van der Waals surface area contributed by atoms with E-state index in [1.54, 1.807) is 0 Å². The number of hydrogen-bond donors (Lipinski definition) is 2. The maximum atomic E-state index is 13.4. The molecule has 7 heteroatoms. The molecule has 1 aromatic heterocycles. The number of H-pyrrole nitrogens is 1. The van der Waals surface area contributed by atoms with E-state index in [2.05, 4.69) is 0 Å². The Hall–Kier alpha value is -2.44. The van der Waals surface area contributed by atoms with Crippen molar-refractivity contribution in [1.82, 2.24) is 9.55 Å². The molecule has 0 saturated carbocycles. The van der Waals surface area contributed by atoms with Gasteiger partial charge in [0.25, 0.3) is 5.56 Å². The normalized spacial score (nSPS) is 10.6. The number of rotatable bonds is 2. The average molecular weight is 253 g/mol. The summed E-state index contributed by atoms with van der Waals surface area (Å²) in [6.07, 6.45) is 0. The van der Waals surface area contributed by atoms with Crippen LogP contribution in [0.15, 0.2) is 33.9 Å². The molecule has 1 aromatic carbocycles. The van der Waals surface area contributed by atoms with Crippen molar-refractivity contribution in [3.63, 3.8) is 0 Å². The van der Waals surface area contributed by atoms with Crippen LogP contribution in [0.4, 0.5) is 14.6 Å². The lowest BCUT2D eigenvalue weighted by atomic mass is 10.2. The lowest BCUT2D eigenvalue weighted by Gasteiger charge is -2.09. The van der Waals surface area contributed by atoms with Gasteiger partial charge in [-0.05, 0) is 18.2 Å². The van der Waals surface area contributed by atoms with Crippen LogP contribution < -0.4 is 17.0 Å². The number of anilines is 1. The van der Waals surface area contributed by atoms with Gasteiger partial charge >= 0.3 is 5.69 Å². The van der Waals surface area contributed by atoms with Crippen LogP contribution in [0.2, 0.25) is 0 Å². The van der Waals surface area contributed by atoms with Crippen molar-refractivity contribution < 1.29 is 8.78 Å². The summed E-state index contributed by atoms with van der Waals surface area (Å²) in [6, 6.07) is 3.89. The largest absolute Gasteiger partial charge is 0.385 e. The van der Waals surface area contributed by atoms with Gasteiger partial charge in [0.2, 0.25) is 0 Å². The number of nitrogens with one attached hydrogen (secondary N) is 1. The summed E-state index contributed by atoms with van der Waals surface area (Å²) in [5.74, 6) is -1.40. The van der Waals surface area contributed by atoms with Crippen LogP contribution in [0, 0.1) is 11.6 Å². The number of nitrogens with two attached hydrogens (primary N) is 1. The van der Waals surface area contributed by atoms with E-state index in [1.165, 1.54) is 0 Å². The fourth-order valence-corrected chi connectivity index (χ4v) is 1.54. The van der Waals surface area contributed by atoms with Gasteiger partial charge in [-0.2, -0.15) is 0 Å². The molecule has 18 heavy (non-hydrogen) atoms. The number of halogens is 2. The summed E-state index contributed by atoms with van der Waals surface area (Å²) in [6.45, 7) is -0.259. The third kappa shape index (κ3) is 2.29. The summed E-state index contributed by atoms with van der Waals surface area (Å²) in [5, 5.41) is 0. The van der Waals surface area contributed by atoms with Gasteiger partial charge in [0.05, 0.1) is 6.54 Å². The second-order valence-electron chi connectivity index (χ2n) is 3.69. The standard InChI is InChI=1S/C11H9F2N3O2/c12-7-1-2-8(13)6(3-7)5-16-9(14)4-10(17)15-11(16)18/h1-4H,5,14H2,(H,15,17,18). The van der Waals surface area contributed by atoms with Crippen LogP contribution in [0.25, 0.3) is 0 Å². The predicted molar refractivity (Wildman–Crippen MR) is 61.2 cm³/mol. The SMILES string of the molecule is Nc1cc(=O)[nH]c(=O)n1Cc1cc(F)ccc1F. The Bertz CT molecular complexity index is 706. The van der Waals surface area contributed by atoms with Gasteiger partial charge in [0, 0.05) is 11.6 Å². The Labute approximate surface area is 99.5 Å². The molecule has 0 radical (unpaired) electrons. The van der Waals surface area contributed by atoms with E-state index in [4.69, 9.17) is 5.73 Å². The molecular weight excluding hydrogens is 244 g/mol. The van der Waals surface area contributed by atoms with Crippen LogP contribution in [0.5, 0.6) is 0 Å². The Morgan fingerprint density at radius 2 is 1.94 bits per heavy atom. The van der Waals surface area contributed by atoms with Crippen LogP contribution in [-0.2, 0) is 6.54 Å². The number of aromatic amines is 1. The number of nitrogens with zero attached hydrogens (tertiary/aromatic N) is 1. The zero-order valence-electron chi connectivity index (χ0n) is 9.11. The van der Waals surface area contributed by atoms with Crippen molar-refractivity contribution in [2.75, 3.05) is 5.73 Å². The van der Waals surface area contributed by atoms with Crippen LogP contribution >= 0.6 is 0 Å². The van der Waals surface area contributed by atoms with Gasteiger partial charge in [0.15, 0.2) is 0 Å². The van der Waals surface area contributed by atoms with Gasteiger partial charge in [0.1, 0.15) is 17.5 Å². The molecule has 94 valence electrons. The summed E-state index contributed by atoms with van der Waals surface area (Å²) in [7, 11) is 0. The van der Waals surface area contributed by atoms with Crippen LogP contribution in [0.1, 0.15) is 5.56 Å². The molecule has 0 amide bonds. The molecule has 0 fully saturated rings. The number of benzene rings is 1. The zero-order chi connectivity index (χ0) is 13.3. The first-order chi connectivity index (χ1) is 8.47. The van der Waals surface area contributed by atoms with Gasteiger partial charge in [-0.15, -0.1) is 0 Å². The topological polar surface area (TPSA) is 80.9 Å². The summed E-state index contributed by atoms with van der Waals surface area (Å²) in [4.78, 5) is 24.4. The molecule has 0 aliphatic heterocycles. The van der Waals surface area contributed by atoms with Crippen LogP contribution in [0.3, 0.4) is 0 Å². The zero-order valence-corrected chi connectivity index (χ0v) is 9.11. The fourth-order valence-electron chi connectivity index (χ4n) is 1.54. The highest BCUT2D eigenvalue weighted by atomic mass is 19.1. The molecule has 0 saturated heterocycles. The average Bonchev–Trinajstić information content (AvgIpc) is 2.28. The van der Waals surface area contributed by atoms with Gasteiger partial charge in [-0.25, -0.2) is 13.6 Å². The van der Waals surface area contributed by atoms with E-state index in [0.717, 1.165) is 28.8 Å². The molecule has 2 rings (SSSR count). The molecule has 2 aromatic rings. The molecule has 0 spiro atoms. The van der Waals surface area contributed by atoms with E-state index in [0.29, 0.717) is 0 Å². The second kappa shape index (κ2) is 4.44. The van der Waals surface area contributed by atoms with Crippen molar-refractivity contribution in [2.45, 2.75) is 6.54 Å². The van der Waals surface area contributed by atoms with Crippen molar-refractivity contribution in [2.24, 2.45) is 0 Å². The van der Waals surface area contributed by atoms with Crippen molar-refractivity contribution >= 4 is 5.82 Å². The minimum atomic E-state index is -0.774. The maximum Gasteiger partial charge on any atom is 0.330 e. The van der Waals surface area contributed by atoms with E-state index in [1.807, 2.05) is 4.98 Å². The van der Waals surface area contributed by atoms with Gasteiger partial charge < -0.3 is 5.73 Å². The number of hydrogen-bond acceptors (Lipinski definition) is 3. The minimum absolute atomic E-state index is 0.0316. The molecule has 5 nitrogen and oxygen atoms in total. The fraction of sp³-hybridized carbons (Fsp3) is 0.0909. The molecule has 0 bridgehead atoms. The van der Waals surface area contributed by atoms with E-state index in [-0.39, 0.29) is 17.9 Å². The highest BCUT2D eigenvalue weighted by molar-refractivity contribution is 5.28. The first-order valence-corrected chi connectivity index (χ1v) is 5.01. The smallest absolute Gasteiger partial charge is 0.330 e.